The van der Waals surface area contributed by atoms with E-state index in [2.05, 4.69) is 9.69 Å². The van der Waals surface area contributed by atoms with E-state index in [1.165, 1.54) is 11.5 Å². The number of nitrogens with zero attached hydrogens (tertiary/aromatic N) is 1. The Morgan fingerprint density at radius 1 is 1.39 bits per heavy atom. The summed E-state index contributed by atoms with van der Waals surface area (Å²) in [7, 11) is 0. The Kier molecular flexibility index (Phi) is 3.37. The molecule has 1 heterocycles. The lowest BCUT2D eigenvalue weighted by molar-refractivity contribution is -0.122. The lowest BCUT2D eigenvalue weighted by Crippen LogP contribution is -2.36. The smallest absolute Gasteiger partial charge is 0.329 e. The van der Waals surface area contributed by atoms with Gasteiger partial charge in [-0.25, -0.2) is 4.79 Å². The van der Waals surface area contributed by atoms with Crippen LogP contribution >= 0.6 is 11.5 Å². The van der Waals surface area contributed by atoms with E-state index in [0.29, 0.717) is 5.69 Å². The fraction of sp³-hybridized carbons (Fsp3) is 0.200. The first-order chi connectivity index (χ1) is 8.44. The van der Waals surface area contributed by atoms with E-state index in [1.807, 2.05) is 0 Å². The van der Waals surface area contributed by atoms with Crippen LogP contribution in [0.2, 0.25) is 0 Å². The Morgan fingerprint density at radius 3 is 2.89 bits per heavy atom. The second-order valence-corrected chi connectivity index (χ2v) is 4.33. The second kappa shape index (κ2) is 4.81. The normalized spacial score (nSPS) is 11.5. The molecule has 1 aromatic carbocycles. The highest BCUT2D eigenvalue weighted by atomic mass is 32.1. The van der Waals surface area contributed by atoms with Gasteiger partial charge in [0.1, 0.15) is 6.54 Å². The summed E-state index contributed by atoms with van der Waals surface area (Å²) in [6, 6.07) is 4.10. The average Bonchev–Trinajstić information content (AvgIpc) is 2.72. The first-order valence-electron chi connectivity index (χ1n) is 4.90. The first kappa shape index (κ1) is 12.6. The van der Waals surface area contributed by atoms with Crippen molar-refractivity contribution in [1.29, 1.82) is 0 Å². The second-order valence-electron chi connectivity index (χ2n) is 3.50. The molecule has 0 fully saturated rings. The van der Waals surface area contributed by atoms with Gasteiger partial charge in [0.15, 0.2) is 0 Å². The quantitative estimate of drug-likeness (QED) is 0.885. The highest BCUT2D eigenvalue weighted by Crippen LogP contribution is 2.21. The van der Waals surface area contributed by atoms with Crippen LogP contribution in [0.15, 0.2) is 24.4 Å². The van der Waals surface area contributed by atoms with Gasteiger partial charge in [0.25, 0.3) is 0 Å². The molecule has 18 heavy (non-hydrogen) atoms. The number of anilines is 1. The number of nitrogens with one attached hydrogen (secondary N) is 2. The van der Waals surface area contributed by atoms with Gasteiger partial charge in [-0.15, -0.1) is 0 Å². The summed E-state index contributed by atoms with van der Waals surface area (Å²) in [4.78, 5) is 11.2. The van der Waals surface area contributed by atoms with Gasteiger partial charge in [0, 0.05) is 17.3 Å². The van der Waals surface area contributed by atoms with E-state index in [1.54, 1.807) is 29.7 Å². The number of amides is 2. The Morgan fingerprint density at radius 2 is 2.17 bits per heavy atom. The van der Waals surface area contributed by atoms with Crippen LogP contribution in [0.25, 0.3) is 10.1 Å². The summed E-state index contributed by atoms with van der Waals surface area (Å²) in [6.07, 6.45) is -2.79. The molecule has 96 valence electrons. The number of carbonyl (C=O) groups excluding carboxylic acids is 1. The third kappa shape index (κ3) is 3.33. The molecule has 0 aliphatic heterocycles. The van der Waals surface area contributed by atoms with Gasteiger partial charge in [-0.05, 0) is 29.7 Å². The molecule has 0 bridgehead atoms. The van der Waals surface area contributed by atoms with Crippen molar-refractivity contribution in [2.24, 2.45) is 0 Å². The van der Waals surface area contributed by atoms with Crippen LogP contribution in [-0.2, 0) is 0 Å². The van der Waals surface area contributed by atoms with Crippen LogP contribution in [0.4, 0.5) is 23.7 Å². The molecule has 2 rings (SSSR count). The number of hydrogen-bond donors (Lipinski definition) is 2. The minimum absolute atomic E-state index is 0.419. The van der Waals surface area contributed by atoms with Gasteiger partial charge >= 0.3 is 12.2 Å². The number of benzene rings is 1. The zero-order chi connectivity index (χ0) is 13.2. The number of fused-ring (bicyclic) bond motifs is 1. The van der Waals surface area contributed by atoms with Crippen molar-refractivity contribution in [2.45, 2.75) is 6.18 Å². The first-order valence-corrected chi connectivity index (χ1v) is 5.67. The number of hydrogen-bond acceptors (Lipinski definition) is 3. The van der Waals surface area contributed by atoms with Gasteiger partial charge in [-0.1, -0.05) is 0 Å². The van der Waals surface area contributed by atoms with Crippen molar-refractivity contribution in [3.63, 3.8) is 0 Å². The summed E-state index contributed by atoms with van der Waals surface area (Å²) in [5.41, 5.74) is 0.419. The molecule has 0 atom stereocenters. The van der Waals surface area contributed by atoms with Crippen molar-refractivity contribution in [1.82, 2.24) is 9.69 Å². The van der Waals surface area contributed by atoms with E-state index in [9.17, 15) is 18.0 Å². The van der Waals surface area contributed by atoms with E-state index < -0.39 is 18.8 Å². The topological polar surface area (TPSA) is 54.0 Å². The number of halogens is 3. The highest BCUT2D eigenvalue weighted by molar-refractivity contribution is 7.13. The lowest BCUT2D eigenvalue weighted by Gasteiger charge is -2.09. The lowest BCUT2D eigenvalue weighted by atomic mass is 10.2. The summed E-state index contributed by atoms with van der Waals surface area (Å²) in [5, 5.41) is 4.88. The highest BCUT2D eigenvalue weighted by Gasteiger charge is 2.27. The van der Waals surface area contributed by atoms with Crippen molar-refractivity contribution in [3.8, 4) is 0 Å². The van der Waals surface area contributed by atoms with Crippen LogP contribution < -0.4 is 10.6 Å². The average molecular weight is 275 g/mol. The van der Waals surface area contributed by atoms with Crippen molar-refractivity contribution in [2.75, 3.05) is 11.9 Å². The molecule has 2 N–H and O–H groups in total. The van der Waals surface area contributed by atoms with E-state index >= 15 is 0 Å². The van der Waals surface area contributed by atoms with Gasteiger partial charge < -0.3 is 10.6 Å². The fourth-order valence-corrected chi connectivity index (χ4v) is 1.93. The van der Waals surface area contributed by atoms with Crippen LogP contribution in [0.1, 0.15) is 0 Å². The zero-order valence-corrected chi connectivity index (χ0v) is 9.73. The minimum atomic E-state index is -4.42. The number of carbonyl (C=O) groups is 1. The summed E-state index contributed by atoms with van der Waals surface area (Å²) in [6.45, 7) is -1.36. The monoisotopic (exact) mass is 275 g/mol. The van der Waals surface area contributed by atoms with Gasteiger partial charge in [0.2, 0.25) is 0 Å². The van der Waals surface area contributed by atoms with E-state index in [0.717, 1.165) is 10.1 Å². The van der Waals surface area contributed by atoms with Crippen LogP contribution in [0.3, 0.4) is 0 Å². The summed E-state index contributed by atoms with van der Waals surface area (Å²) in [5.74, 6) is 0. The molecule has 2 amide bonds. The van der Waals surface area contributed by atoms with Gasteiger partial charge in [-0.2, -0.15) is 17.5 Å². The maximum Gasteiger partial charge on any atom is 0.405 e. The molecule has 0 saturated heterocycles. The van der Waals surface area contributed by atoms with Crippen LogP contribution in [0.5, 0.6) is 0 Å². The molecule has 8 heteroatoms. The maximum atomic E-state index is 11.9. The molecule has 0 aliphatic rings. The molecule has 0 radical (unpaired) electrons. The summed E-state index contributed by atoms with van der Waals surface area (Å²) < 4.78 is 40.5. The Hall–Kier alpha value is -1.83. The molecule has 0 spiro atoms. The number of alkyl halides is 3. The van der Waals surface area contributed by atoms with Gasteiger partial charge in [-0.3, -0.25) is 0 Å². The predicted octanol–water partition coefficient (Wildman–Crippen LogP) is 2.98. The third-order valence-corrected chi connectivity index (χ3v) is 2.84. The molecule has 2 aromatic rings. The number of aromatic nitrogens is 1. The minimum Gasteiger partial charge on any atom is -0.329 e. The van der Waals surface area contributed by atoms with Crippen molar-refractivity contribution in [3.05, 3.63) is 24.4 Å². The molecular weight excluding hydrogens is 267 g/mol. The van der Waals surface area contributed by atoms with Crippen LogP contribution in [0, 0.1) is 0 Å². The molecule has 0 saturated carbocycles. The number of urea groups is 1. The van der Waals surface area contributed by atoms with Crippen LogP contribution in [-0.4, -0.2) is 23.1 Å². The standard InChI is InChI=1S/C10H8F3N3OS/c11-10(12,13)5-14-9(17)16-7-1-2-8-6(3-7)4-15-18-8/h1-4H,5H2,(H2,14,16,17). The van der Waals surface area contributed by atoms with Crippen molar-refractivity contribution >= 4 is 33.3 Å². The Labute approximate surface area is 104 Å². The maximum absolute atomic E-state index is 11.9. The predicted molar refractivity (Wildman–Crippen MR) is 62.7 cm³/mol. The van der Waals surface area contributed by atoms with Crippen molar-refractivity contribution < 1.29 is 18.0 Å². The zero-order valence-electron chi connectivity index (χ0n) is 8.91. The third-order valence-electron chi connectivity index (χ3n) is 2.06. The Bertz CT molecular complexity index is 567. The molecule has 0 aliphatic carbocycles. The molecule has 0 unspecified atom stereocenters. The molecule has 4 nitrogen and oxygen atoms in total. The molecular formula is C10H8F3N3OS. The number of rotatable bonds is 2. The fourth-order valence-electron chi connectivity index (χ4n) is 1.31. The summed E-state index contributed by atoms with van der Waals surface area (Å²) >= 11 is 1.30. The Balaban J connectivity index is 1.98. The van der Waals surface area contributed by atoms with Gasteiger partial charge in [0.05, 0.1) is 4.70 Å². The molecule has 1 aromatic heterocycles. The van der Waals surface area contributed by atoms with E-state index in [-0.39, 0.29) is 0 Å². The SMILES string of the molecule is O=C(NCC(F)(F)F)Nc1ccc2sncc2c1. The largest absolute Gasteiger partial charge is 0.405 e. The van der Waals surface area contributed by atoms with E-state index in [4.69, 9.17) is 0 Å².